The molecule has 1 N–H and O–H groups in total. The largest absolute Gasteiger partial charge is 0.490 e. The number of fused-ring (bicyclic) bond motifs is 2. The van der Waals surface area contributed by atoms with Crippen LogP contribution < -0.4 is 15.1 Å². The number of carboxylic acids is 1. The Kier molecular flexibility index (Phi) is 6.02. The molecule has 1 fully saturated rings. The van der Waals surface area contributed by atoms with Gasteiger partial charge < -0.3 is 24.0 Å². The van der Waals surface area contributed by atoms with Crippen molar-refractivity contribution in [2.24, 2.45) is 0 Å². The molecule has 1 saturated carbocycles. The number of halogens is 1. The van der Waals surface area contributed by atoms with Gasteiger partial charge in [-0.05, 0) is 44.0 Å². The predicted molar refractivity (Wildman–Crippen MR) is 120 cm³/mol. The third-order valence-electron chi connectivity index (χ3n) is 5.36. The van der Waals surface area contributed by atoms with Gasteiger partial charge in [0.05, 0.1) is 34.5 Å². The van der Waals surface area contributed by atoms with Gasteiger partial charge in [0.25, 0.3) is 0 Å². The Morgan fingerprint density at radius 3 is 2.68 bits per heavy atom. The highest BCUT2D eigenvalue weighted by Gasteiger charge is 2.30. The highest BCUT2D eigenvalue weighted by molar-refractivity contribution is 6.33. The van der Waals surface area contributed by atoms with Crippen molar-refractivity contribution in [3.05, 3.63) is 39.5 Å². The summed E-state index contributed by atoms with van der Waals surface area (Å²) in [6.07, 6.45) is 2.13. The summed E-state index contributed by atoms with van der Waals surface area (Å²) < 4.78 is 12.5. The number of aliphatic carboxylic acids is 1. The van der Waals surface area contributed by atoms with Crippen LogP contribution in [-0.2, 0) is 16.1 Å². The normalized spacial score (nSPS) is 13.6. The zero-order chi connectivity index (χ0) is 22.1. The van der Waals surface area contributed by atoms with E-state index in [4.69, 9.17) is 26.1 Å². The molecule has 0 atom stereocenters. The van der Waals surface area contributed by atoms with Crippen LogP contribution in [0.2, 0.25) is 5.02 Å². The van der Waals surface area contributed by atoms with Gasteiger partial charge in [-0.1, -0.05) is 11.6 Å². The van der Waals surface area contributed by atoms with Crippen molar-refractivity contribution in [3.63, 3.8) is 0 Å². The molecule has 0 bridgehead atoms. The number of carboxylic acid groups (broad SMARTS) is 1. The number of hydrogen-bond acceptors (Lipinski definition) is 6. The first-order valence-corrected chi connectivity index (χ1v) is 10.6. The van der Waals surface area contributed by atoms with Gasteiger partial charge in [-0.2, -0.15) is 0 Å². The molecule has 164 valence electrons. The Morgan fingerprint density at radius 1 is 1.29 bits per heavy atom. The SMILES string of the molecule is CCOc1c(Cl)ccc2c(=O)c3ccc(N(CCOC)C4CC4)nc3n(CC(=O)O)c12. The second-order valence-electron chi connectivity index (χ2n) is 7.47. The van der Waals surface area contributed by atoms with E-state index in [1.807, 2.05) is 6.07 Å². The maximum atomic E-state index is 13.3. The highest BCUT2D eigenvalue weighted by Crippen LogP contribution is 2.35. The average Bonchev–Trinajstić information content (AvgIpc) is 3.58. The molecule has 8 nitrogen and oxygen atoms in total. The van der Waals surface area contributed by atoms with E-state index < -0.39 is 5.97 Å². The van der Waals surface area contributed by atoms with E-state index in [1.165, 1.54) is 4.57 Å². The summed E-state index contributed by atoms with van der Waals surface area (Å²) in [6, 6.07) is 7.09. The van der Waals surface area contributed by atoms with E-state index in [0.29, 0.717) is 58.6 Å². The van der Waals surface area contributed by atoms with Crippen LogP contribution in [0.4, 0.5) is 5.82 Å². The summed E-state index contributed by atoms with van der Waals surface area (Å²) in [7, 11) is 1.65. The monoisotopic (exact) mass is 445 g/mol. The number of ether oxygens (including phenoxy) is 2. The van der Waals surface area contributed by atoms with Gasteiger partial charge in [-0.3, -0.25) is 9.59 Å². The molecule has 31 heavy (non-hydrogen) atoms. The van der Waals surface area contributed by atoms with Crippen molar-refractivity contribution < 1.29 is 19.4 Å². The lowest BCUT2D eigenvalue weighted by molar-refractivity contribution is -0.137. The highest BCUT2D eigenvalue weighted by atomic mass is 35.5. The molecule has 9 heteroatoms. The molecule has 2 aromatic heterocycles. The lowest BCUT2D eigenvalue weighted by atomic mass is 10.1. The molecule has 0 aliphatic heterocycles. The molecule has 1 aliphatic carbocycles. The molecule has 3 aromatic rings. The molecule has 0 radical (unpaired) electrons. The number of carbonyl (C=O) groups is 1. The van der Waals surface area contributed by atoms with E-state index in [2.05, 4.69) is 4.90 Å². The number of methoxy groups -OCH3 is 1. The maximum absolute atomic E-state index is 13.3. The molecular weight excluding hydrogens is 422 g/mol. The first-order chi connectivity index (χ1) is 15.0. The van der Waals surface area contributed by atoms with Crippen molar-refractivity contribution in [1.29, 1.82) is 0 Å². The third kappa shape index (κ3) is 4.05. The van der Waals surface area contributed by atoms with E-state index in [0.717, 1.165) is 12.8 Å². The predicted octanol–water partition coefficient (Wildman–Crippen LogP) is 3.30. The standard InChI is InChI=1S/C22H24ClN3O5/c1-3-31-21-16(23)8-6-14-19(21)26(12-18(27)28)22-15(20(14)29)7-9-17(24-22)25(10-11-30-2)13-4-5-13/h6-9,13H,3-5,10-12H2,1-2H3,(H,27,28). The molecule has 1 aromatic carbocycles. The van der Waals surface area contributed by atoms with Crippen molar-refractivity contribution in [1.82, 2.24) is 9.55 Å². The number of pyridine rings is 2. The first-order valence-electron chi connectivity index (χ1n) is 10.2. The van der Waals surface area contributed by atoms with Crippen LogP contribution in [-0.4, -0.2) is 53.5 Å². The number of aromatic nitrogens is 2. The fourth-order valence-corrected chi connectivity index (χ4v) is 4.07. The smallest absolute Gasteiger partial charge is 0.323 e. The number of benzene rings is 1. The zero-order valence-corrected chi connectivity index (χ0v) is 18.2. The molecule has 0 amide bonds. The second kappa shape index (κ2) is 8.72. The van der Waals surface area contributed by atoms with Crippen LogP contribution in [0.5, 0.6) is 5.75 Å². The zero-order valence-electron chi connectivity index (χ0n) is 17.4. The van der Waals surface area contributed by atoms with E-state index in [-0.39, 0.29) is 17.7 Å². The summed E-state index contributed by atoms with van der Waals surface area (Å²) in [5, 5.41) is 10.6. The summed E-state index contributed by atoms with van der Waals surface area (Å²) >= 11 is 6.35. The van der Waals surface area contributed by atoms with E-state index in [9.17, 15) is 14.7 Å². The van der Waals surface area contributed by atoms with Crippen LogP contribution >= 0.6 is 11.6 Å². The van der Waals surface area contributed by atoms with Gasteiger partial charge >= 0.3 is 5.97 Å². The molecule has 0 spiro atoms. The van der Waals surface area contributed by atoms with Crippen LogP contribution in [0.15, 0.2) is 29.1 Å². The Hall–Kier alpha value is -2.84. The number of rotatable bonds is 9. The number of nitrogens with zero attached hydrogens (tertiary/aromatic N) is 3. The third-order valence-corrected chi connectivity index (χ3v) is 5.66. The lowest BCUT2D eigenvalue weighted by Crippen LogP contribution is -2.30. The fourth-order valence-electron chi connectivity index (χ4n) is 3.86. The Balaban J connectivity index is 2.03. The van der Waals surface area contributed by atoms with E-state index >= 15 is 0 Å². The number of hydrogen-bond donors (Lipinski definition) is 1. The molecule has 2 heterocycles. The minimum Gasteiger partial charge on any atom is -0.490 e. The molecule has 0 unspecified atom stereocenters. The molecular formula is C22H24ClN3O5. The topological polar surface area (TPSA) is 93.9 Å². The lowest BCUT2D eigenvalue weighted by Gasteiger charge is -2.24. The summed E-state index contributed by atoms with van der Waals surface area (Å²) in [6.45, 7) is 2.94. The molecule has 1 aliphatic rings. The number of anilines is 1. The van der Waals surface area contributed by atoms with Gasteiger partial charge in [0.1, 0.15) is 18.0 Å². The van der Waals surface area contributed by atoms with Crippen molar-refractivity contribution in [2.45, 2.75) is 32.4 Å². The fraction of sp³-hybridized carbons (Fsp3) is 0.409. The van der Waals surface area contributed by atoms with Crippen molar-refractivity contribution >= 4 is 45.3 Å². The van der Waals surface area contributed by atoms with Gasteiger partial charge in [-0.25, -0.2) is 4.98 Å². The quantitative estimate of drug-likeness (QED) is 0.505. The van der Waals surface area contributed by atoms with Gasteiger partial charge in [-0.15, -0.1) is 0 Å². The van der Waals surface area contributed by atoms with Crippen molar-refractivity contribution in [2.75, 3.05) is 31.8 Å². The first kappa shape index (κ1) is 21.4. The Labute approximate surface area is 183 Å². The second-order valence-corrected chi connectivity index (χ2v) is 7.88. The minimum atomic E-state index is -1.06. The molecule has 4 rings (SSSR count). The summed E-state index contributed by atoms with van der Waals surface area (Å²) in [5.74, 6) is -0.0863. The van der Waals surface area contributed by atoms with Crippen LogP contribution in [0.1, 0.15) is 19.8 Å². The average molecular weight is 446 g/mol. The van der Waals surface area contributed by atoms with E-state index in [1.54, 1.807) is 32.2 Å². The summed E-state index contributed by atoms with van der Waals surface area (Å²) in [4.78, 5) is 31.9. The van der Waals surface area contributed by atoms with Crippen LogP contribution in [0, 0.1) is 0 Å². The molecule has 0 saturated heterocycles. The Morgan fingerprint density at radius 2 is 2.03 bits per heavy atom. The van der Waals surface area contributed by atoms with Crippen molar-refractivity contribution in [3.8, 4) is 5.75 Å². The minimum absolute atomic E-state index is 0.238. The van der Waals surface area contributed by atoms with Crippen LogP contribution in [0.25, 0.3) is 21.9 Å². The Bertz CT molecular complexity index is 1210. The van der Waals surface area contributed by atoms with Gasteiger partial charge in [0, 0.05) is 19.7 Å². The summed E-state index contributed by atoms with van der Waals surface area (Å²) in [5.41, 5.74) is 0.399. The maximum Gasteiger partial charge on any atom is 0.323 e. The van der Waals surface area contributed by atoms with Gasteiger partial charge in [0.2, 0.25) is 0 Å². The van der Waals surface area contributed by atoms with Crippen LogP contribution in [0.3, 0.4) is 0 Å². The van der Waals surface area contributed by atoms with Gasteiger partial charge in [0.15, 0.2) is 11.2 Å².